The third-order valence-electron chi connectivity index (χ3n) is 6.05. The zero-order chi connectivity index (χ0) is 23.8. The highest BCUT2D eigenvalue weighted by Crippen LogP contribution is 2.34. The first-order chi connectivity index (χ1) is 15.6. The molecule has 33 heavy (non-hydrogen) atoms. The number of sulfone groups is 1. The minimum atomic E-state index is -3.53. The smallest absolute Gasteiger partial charge is 0.255 e. The van der Waals surface area contributed by atoms with Crippen molar-refractivity contribution in [2.75, 3.05) is 23.0 Å². The van der Waals surface area contributed by atoms with E-state index in [9.17, 15) is 18.0 Å². The van der Waals surface area contributed by atoms with E-state index in [1.807, 2.05) is 11.8 Å². The third-order valence-corrected chi connectivity index (χ3v) is 7.36. The quantitative estimate of drug-likeness (QED) is 0.643. The van der Waals surface area contributed by atoms with Gasteiger partial charge in [-0.2, -0.15) is 0 Å². The van der Waals surface area contributed by atoms with Gasteiger partial charge in [-0.1, -0.05) is 17.7 Å². The van der Waals surface area contributed by atoms with Crippen LogP contribution in [0.2, 0.25) is 5.02 Å². The van der Waals surface area contributed by atoms with Crippen LogP contribution in [0.25, 0.3) is 0 Å². The van der Waals surface area contributed by atoms with E-state index in [2.05, 4.69) is 15.6 Å². The molecule has 1 aliphatic carbocycles. The minimum absolute atomic E-state index is 0.0130. The maximum absolute atomic E-state index is 12.9. The Morgan fingerprint density at radius 3 is 2.58 bits per heavy atom. The largest absolute Gasteiger partial charge is 0.353 e. The average Bonchev–Trinajstić information content (AvgIpc) is 3.57. The van der Waals surface area contributed by atoms with Crippen molar-refractivity contribution in [2.24, 2.45) is 5.92 Å². The molecule has 2 heterocycles. The number of anilines is 2. The van der Waals surface area contributed by atoms with Gasteiger partial charge in [-0.15, -0.1) is 0 Å². The number of amides is 2. The standard InChI is InChI=1S/C23H27ClN4O4S/c1-14-10-16(22(29)26-18-6-7-18)8-9-28(14)21-20(12-19(13-25-21)33(2,31)32)27-23(30)15-4-3-5-17(24)11-15/h3-5,11-14,16,18H,6-10H2,1-2H3,(H,26,29)(H,27,30). The van der Waals surface area contributed by atoms with Gasteiger partial charge in [-0.25, -0.2) is 13.4 Å². The van der Waals surface area contributed by atoms with E-state index in [0.717, 1.165) is 19.1 Å². The molecule has 1 aromatic carbocycles. The fraction of sp³-hybridized carbons (Fsp3) is 0.435. The average molecular weight is 491 g/mol. The Kier molecular flexibility index (Phi) is 6.63. The first-order valence-corrected chi connectivity index (χ1v) is 13.2. The first kappa shape index (κ1) is 23.5. The third kappa shape index (κ3) is 5.65. The molecule has 4 rings (SSSR count). The second-order valence-corrected chi connectivity index (χ2v) is 11.3. The molecule has 1 aliphatic heterocycles. The van der Waals surface area contributed by atoms with Gasteiger partial charge in [-0.3, -0.25) is 9.59 Å². The van der Waals surface area contributed by atoms with Crippen LogP contribution >= 0.6 is 11.6 Å². The van der Waals surface area contributed by atoms with Crippen LogP contribution in [0.15, 0.2) is 41.4 Å². The second-order valence-electron chi connectivity index (χ2n) is 8.83. The van der Waals surface area contributed by atoms with Crippen molar-refractivity contribution in [3.8, 4) is 0 Å². The van der Waals surface area contributed by atoms with Crippen LogP contribution in [0.4, 0.5) is 11.5 Å². The molecule has 1 saturated heterocycles. The number of hydrogen-bond acceptors (Lipinski definition) is 6. The van der Waals surface area contributed by atoms with Gasteiger partial charge < -0.3 is 15.5 Å². The van der Waals surface area contributed by atoms with Crippen LogP contribution in [0.1, 0.15) is 43.0 Å². The van der Waals surface area contributed by atoms with Gasteiger partial charge in [-0.05, 0) is 56.9 Å². The van der Waals surface area contributed by atoms with Crippen molar-refractivity contribution in [2.45, 2.75) is 49.6 Å². The summed E-state index contributed by atoms with van der Waals surface area (Å²) in [5, 5.41) is 6.30. The van der Waals surface area contributed by atoms with Crippen LogP contribution in [0, 0.1) is 5.92 Å². The minimum Gasteiger partial charge on any atom is -0.353 e. The molecule has 0 radical (unpaired) electrons. The number of pyridine rings is 1. The van der Waals surface area contributed by atoms with Gasteiger partial charge in [0.25, 0.3) is 5.91 Å². The first-order valence-electron chi connectivity index (χ1n) is 11.0. The van der Waals surface area contributed by atoms with E-state index in [1.54, 1.807) is 18.2 Å². The number of carbonyl (C=O) groups is 2. The Hall–Kier alpha value is -2.65. The highest BCUT2D eigenvalue weighted by molar-refractivity contribution is 7.90. The Bertz CT molecular complexity index is 1180. The number of nitrogens with zero attached hydrogens (tertiary/aromatic N) is 2. The number of benzene rings is 1. The van der Waals surface area contributed by atoms with Crippen molar-refractivity contribution in [1.82, 2.24) is 10.3 Å². The summed E-state index contributed by atoms with van der Waals surface area (Å²) in [6.45, 7) is 2.57. The van der Waals surface area contributed by atoms with Crippen LogP contribution in [-0.2, 0) is 14.6 Å². The molecule has 2 unspecified atom stereocenters. The van der Waals surface area contributed by atoms with Crippen molar-refractivity contribution in [3.63, 3.8) is 0 Å². The summed E-state index contributed by atoms with van der Waals surface area (Å²) in [6, 6.07) is 8.23. The highest BCUT2D eigenvalue weighted by Gasteiger charge is 2.34. The number of aromatic nitrogens is 1. The van der Waals surface area contributed by atoms with Gasteiger partial charge in [0.05, 0.1) is 10.6 Å². The van der Waals surface area contributed by atoms with E-state index in [-0.39, 0.29) is 22.8 Å². The molecule has 2 N–H and O–H groups in total. The molecule has 1 saturated carbocycles. The molecule has 10 heteroatoms. The Morgan fingerprint density at radius 2 is 1.94 bits per heavy atom. The normalized spacial score (nSPS) is 20.9. The molecule has 2 atom stereocenters. The van der Waals surface area contributed by atoms with Gasteiger partial charge in [0.15, 0.2) is 15.7 Å². The molecule has 0 bridgehead atoms. The number of nitrogens with one attached hydrogen (secondary N) is 2. The fourth-order valence-corrected chi connectivity index (χ4v) is 4.82. The molecule has 2 aliphatic rings. The Morgan fingerprint density at radius 1 is 1.18 bits per heavy atom. The molecule has 1 aromatic heterocycles. The molecule has 176 valence electrons. The van der Waals surface area contributed by atoms with Gasteiger partial charge in [0, 0.05) is 47.6 Å². The lowest BCUT2D eigenvalue weighted by atomic mass is 9.90. The lowest BCUT2D eigenvalue weighted by Gasteiger charge is -2.38. The molecule has 2 amide bonds. The van der Waals surface area contributed by atoms with E-state index in [4.69, 9.17) is 11.6 Å². The molecule has 0 spiro atoms. The summed E-state index contributed by atoms with van der Waals surface area (Å²) in [5.41, 5.74) is 0.650. The van der Waals surface area contributed by atoms with Gasteiger partial charge >= 0.3 is 0 Å². The number of carbonyl (C=O) groups excluding carboxylic acids is 2. The van der Waals surface area contributed by atoms with Crippen molar-refractivity contribution >= 4 is 44.8 Å². The number of rotatable bonds is 6. The number of halogens is 1. The van der Waals surface area contributed by atoms with Crippen LogP contribution in [-0.4, -0.2) is 50.1 Å². The predicted molar refractivity (Wildman–Crippen MR) is 127 cm³/mol. The molecule has 2 aromatic rings. The predicted octanol–water partition coefficient (Wildman–Crippen LogP) is 3.27. The Labute approximate surface area is 198 Å². The van der Waals surface area contributed by atoms with Crippen LogP contribution in [0.3, 0.4) is 0 Å². The summed E-state index contributed by atoms with van der Waals surface area (Å²) >= 11 is 6.01. The Balaban J connectivity index is 1.59. The van der Waals surface area contributed by atoms with Gasteiger partial charge in [0.1, 0.15) is 0 Å². The summed E-state index contributed by atoms with van der Waals surface area (Å²) < 4.78 is 24.2. The number of piperidine rings is 1. The van der Waals surface area contributed by atoms with Crippen LogP contribution < -0.4 is 15.5 Å². The summed E-state index contributed by atoms with van der Waals surface area (Å²) in [4.78, 5) is 31.8. The maximum atomic E-state index is 12.9. The zero-order valence-corrected chi connectivity index (χ0v) is 20.1. The molecule has 8 nitrogen and oxygen atoms in total. The van der Waals surface area contributed by atoms with E-state index < -0.39 is 15.7 Å². The lowest BCUT2D eigenvalue weighted by molar-refractivity contribution is -0.126. The fourth-order valence-electron chi connectivity index (χ4n) is 4.06. The topological polar surface area (TPSA) is 108 Å². The second kappa shape index (κ2) is 9.30. The van der Waals surface area contributed by atoms with Crippen molar-refractivity contribution < 1.29 is 18.0 Å². The van der Waals surface area contributed by atoms with E-state index in [1.165, 1.54) is 18.3 Å². The maximum Gasteiger partial charge on any atom is 0.255 e. The molecular weight excluding hydrogens is 464 g/mol. The summed E-state index contributed by atoms with van der Waals surface area (Å²) in [7, 11) is -3.53. The van der Waals surface area contributed by atoms with Crippen molar-refractivity contribution in [3.05, 3.63) is 47.1 Å². The van der Waals surface area contributed by atoms with Crippen LogP contribution in [0.5, 0.6) is 0 Å². The SMILES string of the molecule is CC1CC(C(=O)NC2CC2)CCN1c1ncc(S(C)(=O)=O)cc1NC(=O)c1cccc(Cl)c1. The summed E-state index contributed by atoms with van der Waals surface area (Å²) in [6.07, 6.45) is 5.80. The lowest BCUT2D eigenvalue weighted by Crippen LogP contribution is -2.46. The van der Waals surface area contributed by atoms with Gasteiger partial charge in [0.2, 0.25) is 5.91 Å². The zero-order valence-electron chi connectivity index (χ0n) is 18.5. The summed E-state index contributed by atoms with van der Waals surface area (Å²) in [5.74, 6) is 0.0828. The van der Waals surface area contributed by atoms with E-state index in [0.29, 0.717) is 47.5 Å². The monoisotopic (exact) mass is 490 g/mol. The highest BCUT2D eigenvalue weighted by atomic mass is 35.5. The van der Waals surface area contributed by atoms with E-state index >= 15 is 0 Å². The molecular formula is C23H27ClN4O4S. The molecule has 2 fully saturated rings. The number of hydrogen-bond donors (Lipinski definition) is 2. The van der Waals surface area contributed by atoms with Crippen molar-refractivity contribution in [1.29, 1.82) is 0 Å².